The Hall–Kier alpha value is -4.92. The van der Waals surface area contributed by atoms with Crippen LogP contribution in [0.2, 0.25) is 0 Å². The average Bonchev–Trinajstić information content (AvgIpc) is 3.46. The lowest BCUT2D eigenvalue weighted by atomic mass is 10.0. The largest absolute Gasteiger partial charge is 0.495 e. The fourth-order valence-electron chi connectivity index (χ4n) is 3.70. The topological polar surface area (TPSA) is 145 Å². The number of amides is 2. The molecule has 0 fully saturated rings. The first-order valence-electron chi connectivity index (χ1n) is 11.3. The van der Waals surface area contributed by atoms with Crippen molar-refractivity contribution >= 4 is 33.4 Å². The van der Waals surface area contributed by atoms with Gasteiger partial charge in [-0.25, -0.2) is 27.5 Å². The van der Waals surface area contributed by atoms with Crippen LogP contribution in [0.1, 0.15) is 0 Å². The molecule has 0 saturated carbocycles. The SMILES string of the molecule is CNC(=O)N(c1ccc(S(=O)(=O)Nc2ccon2)cn1)c1cc(F)c(-c2cc(OC)c(F)c(OC)c2)cc1OC. The normalized spacial score (nSPS) is 11.1. The fourth-order valence-corrected chi connectivity index (χ4v) is 4.64. The van der Waals surface area contributed by atoms with E-state index in [1.165, 1.54) is 71.0 Å². The fraction of sp³-hybridized carbons (Fsp3) is 0.160. The number of sulfonamides is 1. The molecule has 4 aromatic rings. The van der Waals surface area contributed by atoms with Gasteiger partial charge in [0.05, 0.1) is 27.0 Å². The Balaban J connectivity index is 1.77. The molecular formula is C25H23F2N5O7S. The first-order valence-corrected chi connectivity index (χ1v) is 12.8. The minimum atomic E-state index is -4.07. The summed E-state index contributed by atoms with van der Waals surface area (Å²) in [6, 6.07) is 7.98. The van der Waals surface area contributed by atoms with Gasteiger partial charge in [0.15, 0.2) is 17.3 Å². The number of benzene rings is 2. The highest BCUT2D eigenvalue weighted by Crippen LogP contribution is 2.41. The molecule has 210 valence electrons. The Morgan fingerprint density at radius 2 is 1.65 bits per heavy atom. The Kier molecular flexibility index (Phi) is 8.04. The van der Waals surface area contributed by atoms with Gasteiger partial charge in [0, 0.05) is 30.9 Å². The molecule has 0 bridgehead atoms. The Morgan fingerprint density at radius 3 is 2.17 bits per heavy atom. The van der Waals surface area contributed by atoms with Crippen LogP contribution in [-0.4, -0.2) is 53.0 Å². The van der Waals surface area contributed by atoms with E-state index in [2.05, 4.69) is 24.7 Å². The minimum Gasteiger partial charge on any atom is -0.495 e. The lowest BCUT2D eigenvalue weighted by Gasteiger charge is -2.24. The van der Waals surface area contributed by atoms with Gasteiger partial charge in [0.25, 0.3) is 10.0 Å². The quantitative estimate of drug-likeness (QED) is 0.298. The van der Waals surface area contributed by atoms with Crippen molar-refractivity contribution in [2.75, 3.05) is 38.0 Å². The molecular weight excluding hydrogens is 552 g/mol. The maximum absolute atomic E-state index is 15.6. The van der Waals surface area contributed by atoms with Crippen molar-refractivity contribution in [2.24, 2.45) is 0 Å². The van der Waals surface area contributed by atoms with Gasteiger partial charge in [-0.05, 0) is 35.9 Å². The van der Waals surface area contributed by atoms with Crippen molar-refractivity contribution in [3.63, 3.8) is 0 Å². The van der Waals surface area contributed by atoms with Crippen LogP contribution in [0.4, 0.5) is 30.9 Å². The summed E-state index contributed by atoms with van der Waals surface area (Å²) in [5.74, 6) is -1.91. The van der Waals surface area contributed by atoms with Crippen molar-refractivity contribution < 1.29 is 40.7 Å². The van der Waals surface area contributed by atoms with Gasteiger partial charge in [-0.2, -0.15) is 4.39 Å². The van der Waals surface area contributed by atoms with Crippen molar-refractivity contribution in [3.8, 4) is 28.4 Å². The van der Waals surface area contributed by atoms with E-state index in [1.807, 2.05) is 0 Å². The van der Waals surface area contributed by atoms with Crippen LogP contribution in [0.25, 0.3) is 11.1 Å². The van der Waals surface area contributed by atoms with Crippen LogP contribution in [0.15, 0.2) is 64.3 Å². The number of methoxy groups -OCH3 is 3. The molecule has 0 aliphatic rings. The standard InChI is InChI=1S/C25H23F2N5O7S/c1-28-25(33)32(23-6-5-15(13-29-23)40(34,35)31-22-7-8-39-30-22)18-12-17(26)16(11-19(18)36-2)14-9-20(37-3)24(27)21(10-14)38-4/h5-13H,1-4H3,(H,28,33)(H,30,31). The van der Waals surface area contributed by atoms with Crippen molar-refractivity contribution in [2.45, 2.75) is 4.90 Å². The molecule has 2 amide bonds. The predicted molar refractivity (Wildman–Crippen MR) is 140 cm³/mol. The third kappa shape index (κ3) is 5.44. The lowest BCUT2D eigenvalue weighted by molar-refractivity contribution is 0.250. The molecule has 0 spiro atoms. The monoisotopic (exact) mass is 575 g/mol. The van der Waals surface area contributed by atoms with Gasteiger partial charge in [0.2, 0.25) is 5.82 Å². The summed E-state index contributed by atoms with van der Waals surface area (Å²) in [6.07, 6.45) is 2.21. The smallest absolute Gasteiger partial charge is 0.327 e. The number of hydrogen-bond acceptors (Lipinski definition) is 9. The zero-order chi connectivity index (χ0) is 29.0. The molecule has 15 heteroatoms. The van der Waals surface area contributed by atoms with Gasteiger partial charge < -0.3 is 24.1 Å². The van der Waals surface area contributed by atoms with Gasteiger partial charge in [-0.1, -0.05) is 5.16 Å². The molecule has 0 radical (unpaired) electrons. The highest BCUT2D eigenvalue weighted by molar-refractivity contribution is 7.92. The molecule has 2 heterocycles. The van der Waals surface area contributed by atoms with Crippen molar-refractivity contribution in [3.05, 3.63) is 66.6 Å². The number of pyridine rings is 1. The molecule has 40 heavy (non-hydrogen) atoms. The molecule has 0 saturated heterocycles. The van der Waals surface area contributed by atoms with E-state index < -0.39 is 27.7 Å². The van der Waals surface area contributed by atoms with E-state index in [9.17, 15) is 17.6 Å². The molecule has 0 aliphatic heterocycles. The first kappa shape index (κ1) is 28.1. The third-order valence-electron chi connectivity index (χ3n) is 5.62. The number of urea groups is 1. The van der Waals surface area contributed by atoms with E-state index in [1.54, 1.807) is 0 Å². The van der Waals surface area contributed by atoms with Crippen LogP contribution >= 0.6 is 0 Å². The average molecular weight is 576 g/mol. The van der Waals surface area contributed by atoms with Crippen molar-refractivity contribution in [1.82, 2.24) is 15.5 Å². The summed E-state index contributed by atoms with van der Waals surface area (Å²) < 4.78 is 77.6. The molecule has 2 aromatic carbocycles. The van der Waals surface area contributed by atoms with Crippen LogP contribution in [0, 0.1) is 11.6 Å². The van der Waals surface area contributed by atoms with E-state index in [-0.39, 0.29) is 50.6 Å². The van der Waals surface area contributed by atoms with Crippen molar-refractivity contribution in [1.29, 1.82) is 0 Å². The van der Waals surface area contributed by atoms with Gasteiger partial charge in [0.1, 0.15) is 28.5 Å². The number of aromatic nitrogens is 2. The molecule has 4 rings (SSSR count). The third-order valence-corrected chi connectivity index (χ3v) is 6.96. The number of anilines is 3. The highest BCUT2D eigenvalue weighted by atomic mass is 32.2. The Labute approximate surface area is 227 Å². The molecule has 12 nitrogen and oxygen atoms in total. The number of carbonyl (C=O) groups is 1. The Bertz CT molecular complexity index is 1610. The zero-order valence-electron chi connectivity index (χ0n) is 21.6. The van der Waals surface area contributed by atoms with Gasteiger partial charge in [-0.15, -0.1) is 0 Å². The number of ether oxygens (including phenoxy) is 3. The minimum absolute atomic E-state index is 0.00221. The number of halogens is 2. The summed E-state index contributed by atoms with van der Waals surface area (Å²) in [4.78, 5) is 17.8. The van der Waals surface area contributed by atoms with Crippen LogP contribution in [-0.2, 0) is 10.0 Å². The second-order valence-corrected chi connectivity index (χ2v) is 9.61. The second kappa shape index (κ2) is 11.4. The maximum Gasteiger partial charge on any atom is 0.327 e. The van der Waals surface area contributed by atoms with E-state index in [0.29, 0.717) is 0 Å². The number of carbonyl (C=O) groups excluding carboxylic acids is 1. The molecule has 2 N–H and O–H groups in total. The molecule has 0 unspecified atom stereocenters. The van der Waals surface area contributed by atoms with E-state index in [0.717, 1.165) is 17.2 Å². The zero-order valence-corrected chi connectivity index (χ0v) is 22.4. The second-order valence-electron chi connectivity index (χ2n) is 7.93. The summed E-state index contributed by atoms with van der Waals surface area (Å²) in [7, 11) is 1.11. The van der Waals surface area contributed by atoms with Gasteiger partial charge in [-0.3, -0.25) is 4.72 Å². The molecule has 0 atom stereocenters. The van der Waals surface area contributed by atoms with E-state index in [4.69, 9.17) is 14.2 Å². The number of rotatable bonds is 9. The van der Waals surface area contributed by atoms with E-state index >= 15 is 4.39 Å². The van der Waals surface area contributed by atoms with Gasteiger partial charge >= 0.3 is 6.03 Å². The summed E-state index contributed by atoms with van der Waals surface area (Å²) in [5.41, 5.74) is 0.173. The Morgan fingerprint density at radius 1 is 0.975 bits per heavy atom. The first-order chi connectivity index (χ1) is 19.1. The molecule has 0 aliphatic carbocycles. The van der Waals surface area contributed by atoms with Crippen LogP contribution < -0.4 is 29.1 Å². The van der Waals surface area contributed by atoms with Crippen LogP contribution in [0.3, 0.4) is 0 Å². The molecule has 2 aromatic heterocycles. The number of nitrogens with one attached hydrogen (secondary N) is 2. The summed E-state index contributed by atoms with van der Waals surface area (Å²) in [5, 5.41) is 5.93. The maximum atomic E-state index is 15.6. The van der Waals surface area contributed by atoms with Crippen LogP contribution in [0.5, 0.6) is 17.2 Å². The summed E-state index contributed by atoms with van der Waals surface area (Å²) >= 11 is 0. The summed E-state index contributed by atoms with van der Waals surface area (Å²) in [6.45, 7) is 0. The predicted octanol–water partition coefficient (Wildman–Crippen LogP) is 4.32. The lowest BCUT2D eigenvalue weighted by Crippen LogP contribution is -2.35. The number of hydrogen-bond donors (Lipinski definition) is 2. The number of nitrogens with zero attached hydrogens (tertiary/aromatic N) is 3. The highest BCUT2D eigenvalue weighted by Gasteiger charge is 2.26.